The summed E-state index contributed by atoms with van der Waals surface area (Å²) in [6.07, 6.45) is 5.95. The van der Waals surface area contributed by atoms with Gasteiger partial charge in [0.15, 0.2) is 0 Å². The third kappa shape index (κ3) is 4.53. The minimum Gasteiger partial charge on any atom is -0.445 e. The zero-order valence-corrected chi connectivity index (χ0v) is 20.4. The number of rotatable bonds is 7. The van der Waals surface area contributed by atoms with E-state index in [1.165, 1.54) is 12.1 Å². The number of aromatic nitrogens is 5. The molecule has 0 atom stereocenters. The lowest BCUT2D eigenvalue weighted by molar-refractivity contribution is 0.462. The third-order valence-electron chi connectivity index (χ3n) is 6.28. The first kappa shape index (κ1) is 22.8. The molecular weight excluding hydrogens is 467 g/mol. The van der Waals surface area contributed by atoms with Crippen molar-refractivity contribution in [3.8, 4) is 28.5 Å². The highest BCUT2D eigenvalue weighted by Crippen LogP contribution is 2.39. The number of ether oxygens (including phenoxy) is 1. The number of halogens is 1. The Morgan fingerprint density at radius 1 is 0.973 bits per heavy atom. The van der Waals surface area contributed by atoms with E-state index in [4.69, 9.17) is 14.7 Å². The minimum atomic E-state index is -0.290. The van der Waals surface area contributed by atoms with Crippen LogP contribution in [0.2, 0.25) is 0 Å². The molecular formula is C29H25FN6O. The van der Waals surface area contributed by atoms with Gasteiger partial charge in [0.25, 0.3) is 0 Å². The first-order valence-electron chi connectivity index (χ1n) is 12.4. The largest absolute Gasteiger partial charge is 0.445 e. The van der Waals surface area contributed by atoms with Crippen LogP contribution in [0.5, 0.6) is 5.88 Å². The number of anilines is 1. The number of imidazole rings is 1. The van der Waals surface area contributed by atoms with Crippen LogP contribution in [-0.2, 0) is 6.42 Å². The van der Waals surface area contributed by atoms with Crippen molar-refractivity contribution < 1.29 is 9.13 Å². The Hall–Kier alpha value is -4.59. The van der Waals surface area contributed by atoms with Crippen LogP contribution < -0.4 is 10.1 Å². The van der Waals surface area contributed by atoms with Crippen molar-refractivity contribution in [1.29, 1.82) is 0 Å². The van der Waals surface area contributed by atoms with Gasteiger partial charge in [-0.2, -0.15) is 0 Å². The predicted molar refractivity (Wildman–Crippen MR) is 142 cm³/mol. The average molecular weight is 493 g/mol. The molecule has 0 saturated heterocycles. The van der Waals surface area contributed by atoms with Gasteiger partial charge in [0.2, 0.25) is 11.8 Å². The SMILES string of the molecule is CCCNc1nccc(-c2c(-c3ccc(F)cc3)nc3n2/C(=C/Oc2ccc4ccccc4n2)CC3)n1. The van der Waals surface area contributed by atoms with Crippen molar-refractivity contribution in [2.45, 2.75) is 26.2 Å². The summed E-state index contributed by atoms with van der Waals surface area (Å²) < 4.78 is 21.8. The van der Waals surface area contributed by atoms with E-state index < -0.39 is 0 Å². The Kier molecular flexibility index (Phi) is 6.06. The van der Waals surface area contributed by atoms with Crippen LogP contribution in [0, 0.1) is 5.82 Å². The smallest absolute Gasteiger partial charge is 0.223 e. The molecule has 3 aromatic heterocycles. The molecule has 0 amide bonds. The highest BCUT2D eigenvalue weighted by atomic mass is 19.1. The molecule has 0 radical (unpaired) electrons. The van der Waals surface area contributed by atoms with Gasteiger partial charge in [-0.1, -0.05) is 25.1 Å². The number of hydrogen-bond acceptors (Lipinski definition) is 6. The van der Waals surface area contributed by atoms with Crippen LogP contribution in [-0.4, -0.2) is 31.0 Å². The number of hydrogen-bond donors (Lipinski definition) is 1. The molecule has 184 valence electrons. The van der Waals surface area contributed by atoms with Crippen LogP contribution in [0.3, 0.4) is 0 Å². The number of nitrogens with zero attached hydrogens (tertiary/aromatic N) is 5. The van der Waals surface area contributed by atoms with E-state index in [1.807, 2.05) is 42.5 Å². The summed E-state index contributed by atoms with van der Waals surface area (Å²) in [5.74, 6) is 1.69. The van der Waals surface area contributed by atoms with Crippen molar-refractivity contribution in [2.24, 2.45) is 0 Å². The van der Waals surface area contributed by atoms with E-state index in [0.717, 1.165) is 70.9 Å². The summed E-state index contributed by atoms with van der Waals surface area (Å²) in [7, 11) is 0. The summed E-state index contributed by atoms with van der Waals surface area (Å²) in [5, 5.41) is 4.31. The van der Waals surface area contributed by atoms with Crippen molar-refractivity contribution in [3.63, 3.8) is 0 Å². The molecule has 0 fully saturated rings. The van der Waals surface area contributed by atoms with Crippen molar-refractivity contribution >= 4 is 22.5 Å². The molecule has 0 unspecified atom stereocenters. The maximum absolute atomic E-state index is 13.7. The van der Waals surface area contributed by atoms with Crippen LogP contribution in [0.1, 0.15) is 25.6 Å². The Balaban J connectivity index is 1.43. The average Bonchev–Trinajstić information content (AvgIpc) is 3.51. The lowest BCUT2D eigenvalue weighted by atomic mass is 10.1. The fourth-order valence-electron chi connectivity index (χ4n) is 4.51. The number of pyridine rings is 1. The van der Waals surface area contributed by atoms with Crippen molar-refractivity contribution in [2.75, 3.05) is 11.9 Å². The lowest BCUT2D eigenvalue weighted by Crippen LogP contribution is -2.06. The Morgan fingerprint density at radius 2 is 1.84 bits per heavy atom. The zero-order chi connectivity index (χ0) is 25.2. The van der Waals surface area contributed by atoms with E-state index in [-0.39, 0.29) is 5.82 Å². The van der Waals surface area contributed by atoms with Gasteiger partial charge >= 0.3 is 0 Å². The van der Waals surface area contributed by atoms with Gasteiger partial charge in [0.1, 0.15) is 17.9 Å². The molecule has 4 heterocycles. The van der Waals surface area contributed by atoms with E-state index in [9.17, 15) is 4.39 Å². The minimum absolute atomic E-state index is 0.290. The predicted octanol–water partition coefficient (Wildman–Crippen LogP) is 6.34. The second kappa shape index (κ2) is 9.81. The van der Waals surface area contributed by atoms with Crippen LogP contribution in [0.25, 0.3) is 39.2 Å². The highest BCUT2D eigenvalue weighted by molar-refractivity contribution is 5.81. The monoisotopic (exact) mass is 492 g/mol. The van der Waals surface area contributed by atoms with E-state index >= 15 is 0 Å². The first-order valence-corrected chi connectivity index (χ1v) is 12.4. The van der Waals surface area contributed by atoms with E-state index in [0.29, 0.717) is 11.8 Å². The normalized spacial score (nSPS) is 13.7. The molecule has 5 aromatic rings. The number of para-hydroxylation sites is 1. The van der Waals surface area contributed by atoms with Gasteiger partial charge in [0.05, 0.1) is 28.3 Å². The van der Waals surface area contributed by atoms with Crippen LogP contribution in [0.15, 0.2) is 79.2 Å². The Labute approximate surface area is 213 Å². The molecule has 0 spiro atoms. The van der Waals surface area contributed by atoms with Crippen molar-refractivity contribution in [1.82, 2.24) is 24.5 Å². The van der Waals surface area contributed by atoms with Crippen molar-refractivity contribution in [3.05, 3.63) is 90.8 Å². The molecule has 0 aliphatic carbocycles. The summed E-state index contributed by atoms with van der Waals surface area (Å²) in [6, 6.07) is 20.0. The maximum atomic E-state index is 13.7. The molecule has 37 heavy (non-hydrogen) atoms. The fourth-order valence-corrected chi connectivity index (χ4v) is 4.51. The standard InChI is InChI=1S/C29H25FN6O/c1-2-16-31-29-32-17-15-24(34-29)28-27(20-7-10-21(30)11-8-20)35-25-13-12-22(36(25)28)18-37-26-14-9-19-5-3-4-6-23(19)33-26/h3-11,14-15,17-18H,2,12-13,16H2,1H3,(H,31,32,34)/b22-18+. The fraction of sp³-hybridized carbons (Fsp3) is 0.172. The van der Waals surface area contributed by atoms with Gasteiger partial charge in [0, 0.05) is 36.2 Å². The molecule has 7 nitrogen and oxygen atoms in total. The second-order valence-corrected chi connectivity index (χ2v) is 8.83. The molecule has 1 N–H and O–H groups in total. The summed E-state index contributed by atoms with van der Waals surface area (Å²) in [6.45, 7) is 2.87. The molecule has 0 saturated carbocycles. The number of benzene rings is 2. The quantitative estimate of drug-likeness (QED) is 0.267. The number of allylic oxidation sites excluding steroid dienone is 1. The van der Waals surface area contributed by atoms with E-state index in [2.05, 4.69) is 26.8 Å². The van der Waals surface area contributed by atoms with Gasteiger partial charge in [-0.3, -0.25) is 4.57 Å². The van der Waals surface area contributed by atoms with Crippen LogP contribution >= 0.6 is 0 Å². The first-order chi connectivity index (χ1) is 18.2. The van der Waals surface area contributed by atoms with Gasteiger partial charge in [-0.15, -0.1) is 0 Å². The molecule has 1 aliphatic rings. The van der Waals surface area contributed by atoms with Gasteiger partial charge in [-0.25, -0.2) is 24.3 Å². The Bertz CT molecular complexity index is 1610. The molecule has 8 heteroatoms. The summed E-state index contributed by atoms with van der Waals surface area (Å²) in [5.41, 5.74) is 4.93. The summed E-state index contributed by atoms with van der Waals surface area (Å²) >= 11 is 0. The molecule has 1 aliphatic heterocycles. The number of aryl methyl sites for hydroxylation is 1. The maximum Gasteiger partial charge on any atom is 0.223 e. The molecule has 2 aromatic carbocycles. The number of fused-ring (bicyclic) bond motifs is 2. The molecule has 0 bridgehead atoms. The third-order valence-corrected chi connectivity index (χ3v) is 6.28. The Morgan fingerprint density at radius 3 is 2.70 bits per heavy atom. The van der Waals surface area contributed by atoms with Gasteiger partial charge < -0.3 is 10.1 Å². The summed E-state index contributed by atoms with van der Waals surface area (Å²) in [4.78, 5) is 18.7. The van der Waals surface area contributed by atoms with E-state index in [1.54, 1.807) is 24.6 Å². The topological polar surface area (TPSA) is 77.8 Å². The van der Waals surface area contributed by atoms with Gasteiger partial charge in [-0.05, 0) is 55.3 Å². The number of nitrogens with one attached hydrogen (secondary N) is 1. The van der Waals surface area contributed by atoms with Crippen LogP contribution in [0.4, 0.5) is 10.3 Å². The lowest BCUT2D eigenvalue weighted by Gasteiger charge is -2.12. The molecule has 6 rings (SSSR count). The second-order valence-electron chi connectivity index (χ2n) is 8.83. The highest BCUT2D eigenvalue weighted by Gasteiger charge is 2.28. The zero-order valence-electron chi connectivity index (χ0n) is 20.4.